The Morgan fingerprint density at radius 2 is 1.88 bits per heavy atom. The molecule has 2 aromatic rings. The molecule has 1 aliphatic heterocycles. The second-order valence-electron chi connectivity index (χ2n) is 6.30. The molecule has 1 saturated heterocycles. The topological polar surface area (TPSA) is 105 Å². The van der Waals surface area contributed by atoms with Crippen LogP contribution in [0.15, 0.2) is 42.7 Å². The molecule has 1 aliphatic rings. The molecule has 0 spiro atoms. The lowest BCUT2D eigenvalue weighted by molar-refractivity contribution is 0.0940. The first-order valence-corrected chi connectivity index (χ1v) is 9.99. The smallest absolute Gasteiger partial charge is 0.253 e. The van der Waals surface area contributed by atoms with E-state index in [0.29, 0.717) is 28.9 Å². The molecular weight excluding hydrogens is 354 g/mol. The quantitative estimate of drug-likeness (QED) is 0.776. The fraction of sp³-hybridized carbons (Fsp3) is 0.278. The predicted molar refractivity (Wildman–Crippen MR) is 98.5 cm³/mol. The average Bonchev–Trinajstić information content (AvgIpc) is 2.94. The molecule has 0 radical (unpaired) electrons. The van der Waals surface area contributed by atoms with Crippen LogP contribution in [0.2, 0.25) is 0 Å². The van der Waals surface area contributed by atoms with E-state index in [4.69, 9.17) is 0 Å². The number of hydrogen-bond donors (Lipinski definition) is 2. The Labute approximate surface area is 151 Å². The van der Waals surface area contributed by atoms with E-state index in [9.17, 15) is 18.0 Å². The molecule has 1 amide bonds. The third kappa shape index (κ3) is 4.45. The van der Waals surface area contributed by atoms with Gasteiger partial charge in [-0.05, 0) is 31.5 Å². The zero-order valence-corrected chi connectivity index (χ0v) is 15.0. The molecule has 1 aromatic carbocycles. The van der Waals surface area contributed by atoms with Gasteiger partial charge in [-0.2, -0.15) is 0 Å². The number of Topliss-reactive ketones (excluding diaryl/α,β-unsaturated/α-hetero) is 1. The van der Waals surface area contributed by atoms with Gasteiger partial charge in [0.25, 0.3) is 5.91 Å². The summed E-state index contributed by atoms with van der Waals surface area (Å²) in [5.74, 6) is -0.321. The summed E-state index contributed by atoms with van der Waals surface area (Å²) in [5.41, 5.74) is 2.22. The average molecular weight is 373 g/mol. The number of carbonyl (C=O) groups is 2. The van der Waals surface area contributed by atoms with Crippen LogP contribution in [0.4, 0.5) is 11.4 Å². The number of hydrogen-bond acceptors (Lipinski definition) is 6. The first kappa shape index (κ1) is 18.1. The monoisotopic (exact) mass is 373 g/mol. The van der Waals surface area contributed by atoms with Gasteiger partial charge in [0.1, 0.15) is 0 Å². The van der Waals surface area contributed by atoms with Crippen molar-refractivity contribution in [2.45, 2.75) is 19.4 Å². The van der Waals surface area contributed by atoms with Crippen molar-refractivity contribution in [2.75, 3.05) is 16.8 Å². The maximum absolute atomic E-state index is 12.3. The molecule has 1 atom stereocenters. The summed E-state index contributed by atoms with van der Waals surface area (Å²) < 4.78 is 23.0. The maximum Gasteiger partial charge on any atom is 0.253 e. The number of nitrogens with one attached hydrogen (secondary N) is 2. The predicted octanol–water partition coefficient (Wildman–Crippen LogP) is 1.94. The normalized spacial score (nSPS) is 18.3. The molecule has 1 fully saturated rings. The van der Waals surface area contributed by atoms with E-state index in [2.05, 4.69) is 15.6 Å². The van der Waals surface area contributed by atoms with Crippen molar-refractivity contribution in [3.8, 4) is 0 Å². The SMILES string of the molecule is CC(=O)c1cccc(Nc2cncc(C(=O)NC3CCS(=O)(=O)C3)c2)c1. The zero-order valence-electron chi connectivity index (χ0n) is 14.2. The summed E-state index contributed by atoms with van der Waals surface area (Å²) >= 11 is 0. The molecule has 2 N–H and O–H groups in total. The van der Waals surface area contributed by atoms with Crippen LogP contribution in [0.3, 0.4) is 0 Å². The van der Waals surface area contributed by atoms with Gasteiger partial charge in [0, 0.05) is 23.5 Å². The molecule has 26 heavy (non-hydrogen) atoms. The van der Waals surface area contributed by atoms with E-state index in [1.807, 2.05) is 6.07 Å². The summed E-state index contributed by atoms with van der Waals surface area (Å²) in [6, 6.07) is 8.29. The van der Waals surface area contributed by atoms with Gasteiger partial charge in [-0.1, -0.05) is 12.1 Å². The van der Waals surface area contributed by atoms with Gasteiger partial charge >= 0.3 is 0 Å². The van der Waals surface area contributed by atoms with Crippen molar-refractivity contribution in [3.63, 3.8) is 0 Å². The first-order chi connectivity index (χ1) is 12.3. The number of rotatable bonds is 5. The fourth-order valence-electron chi connectivity index (χ4n) is 2.79. The molecule has 1 unspecified atom stereocenters. The van der Waals surface area contributed by atoms with Crippen molar-refractivity contribution in [3.05, 3.63) is 53.9 Å². The lowest BCUT2D eigenvalue weighted by Crippen LogP contribution is -2.35. The summed E-state index contributed by atoms with van der Waals surface area (Å²) in [6.45, 7) is 1.49. The van der Waals surface area contributed by atoms with Crippen molar-refractivity contribution >= 4 is 32.9 Å². The zero-order chi connectivity index (χ0) is 18.7. The lowest BCUT2D eigenvalue weighted by atomic mass is 10.1. The van der Waals surface area contributed by atoms with Crippen LogP contribution < -0.4 is 10.6 Å². The summed E-state index contributed by atoms with van der Waals surface area (Å²) in [6.07, 6.45) is 3.42. The van der Waals surface area contributed by atoms with E-state index >= 15 is 0 Å². The summed E-state index contributed by atoms with van der Waals surface area (Å²) in [7, 11) is -3.05. The van der Waals surface area contributed by atoms with Crippen LogP contribution >= 0.6 is 0 Å². The van der Waals surface area contributed by atoms with Gasteiger partial charge in [0.15, 0.2) is 15.6 Å². The van der Waals surface area contributed by atoms with Crippen molar-refractivity contribution in [2.24, 2.45) is 0 Å². The van der Waals surface area contributed by atoms with E-state index < -0.39 is 9.84 Å². The van der Waals surface area contributed by atoms with E-state index in [0.717, 1.165) is 0 Å². The van der Waals surface area contributed by atoms with Gasteiger partial charge in [0.2, 0.25) is 0 Å². The van der Waals surface area contributed by atoms with Gasteiger partial charge in [-0.25, -0.2) is 8.42 Å². The Kier molecular flexibility index (Phi) is 5.03. The number of aromatic nitrogens is 1. The van der Waals surface area contributed by atoms with Crippen LogP contribution in [-0.2, 0) is 9.84 Å². The molecule has 8 heteroatoms. The van der Waals surface area contributed by atoms with Crippen LogP contribution in [0, 0.1) is 0 Å². The third-order valence-electron chi connectivity index (χ3n) is 4.13. The molecule has 1 aromatic heterocycles. The number of nitrogens with zero attached hydrogens (tertiary/aromatic N) is 1. The van der Waals surface area contributed by atoms with Crippen molar-refractivity contribution in [1.82, 2.24) is 10.3 Å². The number of anilines is 2. The molecule has 0 aliphatic carbocycles. The minimum Gasteiger partial charge on any atom is -0.354 e. The highest BCUT2D eigenvalue weighted by Crippen LogP contribution is 2.19. The summed E-state index contributed by atoms with van der Waals surface area (Å²) in [5, 5.41) is 5.85. The second kappa shape index (κ2) is 7.25. The second-order valence-corrected chi connectivity index (χ2v) is 8.53. The molecule has 2 heterocycles. The third-order valence-corrected chi connectivity index (χ3v) is 5.89. The van der Waals surface area contributed by atoms with Crippen molar-refractivity contribution < 1.29 is 18.0 Å². The van der Waals surface area contributed by atoms with Crippen LogP contribution in [-0.4, -0.2) is 42.6 Å². The number of amides is 1. The van der Waals surface area contributed by atoms with E-state index in [-0.39, 0.29) is 29.2 Å². The molecular formula is C18H19N3O4S. The number of ketones is 1. The highest BCUT2D eigenvalue weighted by atomic mass is 32.2. The molecule has 136 valence electrons. The number of benzene rings is 1. The fourth-order valence-corrected chi connectivity index (χ4v) is 4.47. The molecule has 3 rings (SSSR count). The lowest BCUT2D eigenvalue weighted by Gasteiger charge is -2.12. The van der Waals surface area contributed by atoms with Gasteiger partial charge < -0.3 is 10.6 Å². The first-order valence-electron chi connectivity index (χ1n) is 8.17. The Hall–Kier alpha value is -2.74. The standard InChI is InChI=1S/C18H19N3O4S/c1-12(22)13-3-2-4-15(7-13)20-17-8-14(9-19-10-17)18(23)21-16-5-6-26(24,25)11-16/h2-4,7-10,16,20H,5-6,11H2,1H3,(H,21,23). The number of carbonyl (C=O) groups excluding carboxylic acids is 2. The van der Waals surface area contributed by atoms with Crippen molar-refractivity contribution in [1.29, 1.82) is 0 Å². The van der Waals surface area contributed by atoms with Crippen LogP contribution in [0.1, 0.15) is 34.1 Å². The van der Waals surface area contributed by atoms with Gasteiger partial charge in [-0.15, -0.1) is 0 Å². The number of pyridine rings is 1. The Bertz CT molecular complexity index is 956. The van der Waals surface area contributed by atoms with Gasteiger partial charge in [-0.3, -0.25) is 14.6 Å². The molecule has 0 saturated carbocycles. The highest BCUT2D eigenvalue weighted by Gasteiger charge is 2.29. The van der Waals surface area contributed by atoms with E-state index in [1.165, 1.54) is 13.1 Å². The highest BCUT2D eigenvalue weighted by molar-refractivity contribution is 7.91. The Morgan fingerprint density at radius 3 is 2.58 bits per heavy atom. The maximum atomic E-state index is 12.3. The minimum atomic E-state index is -3.05. The van der Waals surface area contributed by atoms with Crippen LogP contribution in [0.25, 0.3) is 0 Å². The van der Waals surface area contributed by atoms with Crippen LogP contribution in [0.5, 0.6) is 0 Å². The Morgan fingerprint density at radius 1 is 1.12 bits per heavy atom. The van der Waals surface area contributed by atoms with Gasteiger partial charge in [0.05, 0.1) is 29.0 Å². The van der Waals surface area contributed by atoms with E-state index in [1.54, 1.807) is 30.5 Å². The Balaban J connectivity index is 1.71. The number of sulfone groups is 1. The largest absolute Gasteiger partial charge is 0.354 e. The summed E-state index contributed by atoms with van der Waals surface area (Å²) in [4.78, 5) is 27.9. The molecule has 7 nitrogen and oxygen atoms in total. The minimum absolute atomic E-state index is 0.0258. The molecule has 0 bridgehead atoms.